The second-order valence-corrected chi connectivity index (χ2v) is 6.95. The normalized spacial score (nSPS) is 23.4. The fraction of sp³-hybridized carbons (Fsp3) is 0.500. The molecule has 1 aromatic rings. The number of fused-ring (bicyclic) bond motifs is 1. The number of benzene rings is 1. The topological polar surface area (TPSA) is 81.8 Å². The van der Waals surface area contributed by atoms with Crippen molar-refractivity contribution in [1.29, 1.82) is 0 Å². The van der Waals surface area contributed by atoms with Gasteiger partial charge in [-0.05, 0) is 30.4 Å². The maximum atomic E-state index is 12.7. The zero-order chi connectivity index (χ0) is 17.4. The Hall–Kier alpha value is -2.41. The molecule has 1 saturated carbocycles. The second kappa shape index (κ2) is 6.48. The van der Waals surface area contributed by atoms with Gasteiger partial charge in [0.1, 0.15) is 0 Å². The number of carbonyl (C=O) groups excluding carboxylic acids is 3. The highest BCUT2D eigenvalue weighted by molar-refractivity contribution is 6.01. The van der Waals surface area contributed by atoms with E-state index in [9.17, 15) is 14.4 Å². The quantitative estimate of drug-likeness (QED) is 0.752. The predicted molar refractivity (Wildman–Crippen MR) is 90.6 cm³/mol. The van der Waals surface area contributed by atoms with E-state index in [1.54, 1.807) is 0 Å². The van der Waals surface area contributed by atoms with Gasteiger partial charge in [0.2, 0.25) is 11.8 Å². The van der Waals surface area contributed by atoms with E-state index in [0.29, 0.717) is 32.1 Å². The van der Waals surface area contributed by atoms with Gasteiger partial charge in [0, 0.05) is 25.7 Å². The van der Waals surface area contributed by atoms with Crippen LogP contribution in [0.3, 0.4) is 0 Å². The molecule has 0 bridgehead atoms. The summed E-state index contributed by atoms with van der Waals surface area (Å²) in [5, 5.41) is 5.62. The van der Waals surface area contributed by atoms with E-state index >= 15 is 0 Å². The molecule has 0 aromatic heterocycles. The van der Waals surface area contributed by atoms with Crippen molar-refractivity contribution in [2.75, 3.05) is 19.6 Å². The van der Waals surface area contributed by atoms with E-state index in [1.807, 2.05) is 12.1 Å². The van der Waals surface area contributed by atoms with Gasteiger partial charge >= 0.3 is 6.03 Å². The molecule has 132 valence electrons. The van der Waals surface area contributed by atoms with E-state index in [1.165, 1.54) is 16.0 Å². The van der Waals surface area contributed by atoms with Gasteiger partial charge in [0.25, 0.3) is 0 Å². The zero-order valence-corrected chi connectivity index (χ0v) is 14.0. The van der Waals surface area contributed by atoms with E-state index in [-0.39, 0.29) is 30.4 Å². The first-order valence-electron chi connectivity index (χ1n) is 8.81. The summed E-state index contributed by atoms with van der Waals surface area (Å²) in [6, 6.07) is 7.86. The van der Waals surface area contributed by atoms with Gasteiger partial charge in [0.15, 0.2) is 0 Å². The second-order valence-electron chi connectivity index (χ2n) is 6.95. The Morgan fingerprint density at radius 2 is 1.92 bits per heavy atom. The molecule has 1 aromatic carbocycles. The molecule has 2 aliphatic heterocycles. The first-order chi connectivity index (χ1) is 12.1. The molecule has 1 aliphatic carbocycles. The lowest BCUT2D eigenvalue weighted by Crippen LogP contribution is -2.52. The Labute approximate surface area is 146 Å². The van der Waals surface area contributed by atoms with Gasteiger partial charge in [-0.15, -0.1) is 0 Å². The Morgan fingerprint density at radius 1 is 1.16 bits per heavy atom. The largest absolute Gasteiger partial charge is 0.352 e. The third kappa shape index (κ3) is 3.37. The Bertz CT molecular complexity index is 700. The van der Waals surface area contributed by atoms with Crippen molar-refractivity contribution in [2.24, 2.45) is 0 Å². The first-order valence-corrected chi connectivity index (χ1v) is 8.81. The molecule has 4 amide bonds. The number of hydrogen-bond donors (Lipinski definition) is 2. The number of urea groups is 1. The van der Waals surface area contributed by atoms with Crippen LogP contribution in [-0.4, -0.2) is 59.4 Å². The molecule has 2 fully saturated rings. The molecule has 1 atom stereocenters. The van der Waals surface area contributed by atoms with Gasteiger partial charge in [-0.2, -0.15) is 0 Å². The highest BCUT2D eigenvalue weighted by atomic mass is 16.2. The van der Waals surface area contributed by atoms with Crippen LogP contribution in [0.4, 0.5) is 4.79 Å². The molecular weight excluding hydrogens is 320 g/mol. The van der Waals surface area contributed by atoms with Gasteiger partial charge < -0.3 is 10.6 Å². The van der Waals surface area contributed by atoms with Crippen molar-refractivity contribution in [3.63, 3.8) is 0 Å². The van der Waals surface area contributed by atoms with Crippen LogP contribution in [0, 0.1) is 0 Å². The fourth-order valence-electron chi connectivity index (χ4n) is 3.51. The van der Waals surface area contributed by atoms with E-state index < -0.39 is 0 Å². The van der Waals surface area contributed by atoms with Crippen molar-refractivity contribution >= 4 is 17.8 Å². The van der Waals surface area contributed by atoms with Gasteiger partial charge in [-0.3, -0.25) is 19.4 Å². The van der Waals surface area contributed by atoms with Crippen LogP contribution in [0.2, 0.25) is 0 Å². The lowest BCUT2D eigenvalue weighted by molar-refractivity contribution is -0.127. The van der Waals surface area contributed by atoms with Crippen LogP contribution in [-0.2, 0) is 22.6 Å². The minimum Gasteiger partial charge on any atom is -0.352 e. The molecule has 0 spiro atoms. The summed E-state index contributed by atoms with van der Waals surface area (Å²) in [4.78, 5) is 39.5. The molecular formula is C18H22N4O3. The first kappa shape index (κ1) is 16.1. The van der Waals surface area contributed by atoms with Gasteiger partial charge in [-0.1, -0.05) is 24.3 Å². The van der Waals surface area contributed by atoms with Crippen LogP contribution in [0.15, 0.2) is 24.3 Å². The average molecular weight is 342 g/mol. The minimum absolute atomic E-state index is 0.0502. The Balaban J connectivity index is 1.48. The molecule has 7 nitrogen and oxygen atoms in total. The standard InChI is InChI=1S/C18H22N4O3/c23-16-10-19-18(25)22(16)8-7-21-11-13-4-2-1-3-12(13)9-15(21)17(24)20-14-5-6-14/h1-4,14-15H,5-11H2,(H,19,25)(H,20,24)/t15-/m0/s1. The number of amides is 4. The van der Waals surface area contributed by atoms with Crippen LogP contribution >= 0.6 is 0 Å². The smallest absolute Gasteiger partial charge is 0.324 e. The highest BCUT2D eigenvalue weighted by Crippen LogP contribution is 2.25. The van der Waals surface area contributed by atoms with E-state index in [2.05, 4.69) is 27.7 Å². The van der Waals surface area contributed by atoms with Crippen molar-refractivity contribution in [3.05, 3.63) is 35.4 Å². The van der Waals surface area contributed by atoms with Crippen LogP contribution in [0.5, 0.6) is 0 Å². The van der Waals surface area contributed by atoms with Crippen molar-refractivity contribution in [2.45, 2.75) is 37.9 Å². The monoisotopic (exact) mass is 342 g/mol. The van der Waals surface area contributed by atoms with E-state index in [4.69, 9.17) is 0 Å². The lowest BCUT2D eigenvalue weighted by atomic mass is 9.93. The SMILES string of the molecule is O=C(NC1CC1)[C@@H]1Cc2ccccc2CN1CCN1C(=O)CNC1=O. The third-order valence-corrected chi connectivity index (χ3v) is 5.12. The Kier molecular flexibility index (Phi) is 4.17. The van der Waals surface area contributed by atoms with Crippen molar-refractivity contribution in [1.82, 2.24) is 20.4 Å². The summed E-state index contributed by atoms with van der Waals surface area (Å²) in [6.45, 7) is 1.52. The van der Waals surface area contributed by atoms with Gasteiger partial charge in [0.05, 0.1) is 12.6 Å². The highest BCUT2D eigenvalue weighted by Gasteiger charge is 2.35. The minimum atomic E-state index is -0.346. The van der Waals surface area contributed by atoms with Crippen molar-refractivity contribution < 1.29 is 14.4 Å². The Morgan fingerprint density at radius 3 is 2.60 bits per heavy atom. The van der Waals surface area contributed by atoms with Crippen molar-refractivity contribution in [3.8, 4) is 0 Å². The maximum absolute atomic E-state index is 12.7. The molecule has 4 rings (SSSR count). The molecule has 2 N–H and O–H groups in total. The number of nitrogens with zero attached hydrogens (tertiary/aromatic N) is 2. The summed E-state index contributed by atoms with van der Waals surface area (Å²) < 4.78 is 0. The molecule has 1 saturated heterocycles. The fourth-order valence-corrected chi connectivity index (χ4v) is 3.51. The zero-order valence-electron chi connectivity index (χ0n) is 14.0. The molecule has 7 heteroatoms. The lowest BCUT2D eigenvalue weighted by Gasteiger charge is -2.36. The van der Waals surface area contributed by atoms with Gasteiger partial charge in [-0.25, -0.2) is 4.79 Å². The van der Waals surface area contributed by atoms with Crippen LogP contribution in [0.25, 0.3) is 0 Å². The molecule has 2 heterocycles. The number of carbonyl (C=O) groups is 3. The number of hydrogen-bond acceptors (Lipinski definition) is 4. The summed E-state index contributed by atoms with van der Waals surface area (Å²) in [6.07, 6.45) is 2.77. The van der Waals surface area contributed by atoms with Crippen LogP contribution < -0.4 is 10.6 Å². The molecule has 3 aliphatic rings. The average Bonchev–Trinajstić information content (AvgIpc) is 3.37. The third-order valence-electron chi connectivity index (χ3n) is 5.12. The molecule has 25 heavy (non-hydrogen) atoms. The van der Waals surface area contributed by atoms with E-state index in [0.717, 1.165) is 12.8 Å². The predicted octanol–water partition coefficient (Wildman–Crippen LogP) is 0.244. The van der Waals surface area contributed by atoms with Crippen LogP contribution in [0.1, 0.15) is 24.0 Å². The summed E-state index contributed by atoms with van der Waals surface area (Å²) in [5.41, 5.74) is 2.40. The summed E-state index contributed by atoms with van der Waals surface area (Å²) in [7, 11) is 0. The summed E-state index contributed by atoms with van der Waals surface area (Å²) >= 11 is 0. The maximum Gasteiger partial charge on any atom is 0.324 e. The number of rotatable bonds is 5. The molecule has 0 radical (unpaired) electrons. The number of nitrogens with one attached hydrogen (secondary N) is 2. The number of imide groups is 1. The molecule has 0 unspecified atom stereocenters. The summed E-state index contributed by atoms with van der Waals surface area (Å²) in [5.74, 6) is -0.157.